The Kier molecular flexibility index (Phi) is 5.09. The van der Waals surface area contributed by atoms with Crippen molar-refractivity contribution in [2.24, 2.45) is 5.10 Å². The fraction of sp³-hybridized carbons (Fsp3) is 0.435. The summed E-state index contributed by atoms with van der Waals surface area (Å²) in [5, 5.41) is 8.16. The van der Waals surface area contributed by atoms with Crippen LogP contribution < -0.4 is 4.74 Å². The molecule has 2 aromatic carbocycles. The van der Waals surface area contributed by atoms with Crippen LogP contribution in [0.4, 0.5) is 0 Å². The number of piperidine rings is 1. The minimum atomic E-state index is -0.357. The van der Waals surface area contributed by atoms with Gasteiger partial charge in [0, 0.05) is 47.4 Å². The van der Waals surface area contributed by atoms with E-state index in [2.05, 4.69) is 63.1 Å². The van der Waals surface area contributed by atoms with Gasteiger partial charge in [-0.05, 0) is 48.9 Å². The first-order valence-electron chi connectivity index (χ1n) is 10.4. The van der Waals surface area contributed by atoms with Gasteiger partial charge in [-0.3, -0.25) is 0 Å². The highest BCUT2D eigenvalue weighted by molar-refractivity contribution is 9.10. The molecule has 0 saturated carbocycles. The molecule has 29 heavy (non-hydrogen) atoms. The van der Waals surface area contributed by atoms with Gasteiger partial charge >= 0.3 is 0 Å². The van der Waals surface area contributed by atoms with Crippen LogP contribution in [0.25, 0.3) is 0 Å². The summed E-state index contributed by atoms with van der Waals surface area (Å²) in [6.07, 6.45) is 4.01. The zero-order valence-corrected chi connectivity index (χ0v) is 18.9. The van der Waals surface area contributed by atoms with E-state index in [0.717, 1.165) is 65.4 Å². The molecule has 6 heteroatoms. The van der Waals surface area contributed by atoms with E-state index in [1.165, 1.54) is 12.0 Å². The molecule has 0 N–H and O–H groups in total. The molecule has 1 spiro atoms. The molecular formula is C23H25BrClN3O. The molecule has 152 valence electrons. The van der Waals surface area contributed by atoms with Crippen molar-refractivity contribution in [3.05, 3.63) is 63.1 Å². The van der Waals surface area contributed by atoms with Crippen LogP contribution in [0.15, 0.2) is 52.0 Å². The number of hydrazone groups is 1. The van der Waals surface area contributed by atoms with Crippen LogP contribution in [-0.4, -0.2) is 41.0 Å². The van der Waals surface area contributed by atoms with Gasteiger partial charge in [-0.1, -0.05) is 46.6 Å². The van der Waals surface area contributed by atoms with Crippen molar-refractivity contribution in [1.82, 2.24) is 9.91 Å². The Morgan fingerprint density at radius 2 is 1.93 bits per heavy atom. The van der Waals surface area contributed by atoms with Crippen LogP contribution in [0.5, 0.6) is 5.75 Å². The number of hydrogen-bond acceptors (Lipinski definition) is 4. The quantitative estimate of drug-likeness (QED) is 0.559. The van der Waals surface area contributed by atoms with Crippen molar-refractivity contribution < 1.29 is 4.74 Å². The maximum Gasteiger partial charge on any atom is 0.200 e. The minimum absolute atomic E-state index is 0.208. The Labute approximate surface area is 185 Å². The topological polar surface area (TPSA) is 28.1 Å². The van der Waals surface area contributed by atoms with Crippen molar-refractivity contribution in [2.45, 2.75) is 44.4 Å². The molecular weight excluding hydrogens is 450 g/mol. The number of benzene rings is 2. The maximum atomic E-state index is 6.71. The molecule has 0 amide bonds. The smallest absolute Gasteiger partial charge is 0.200 e. The van der Waals surface area contributed by atoms with Gasteiger partial charge in [-0.15, -0.1) is 0 Å². The van der Waals surface area contributed by atoms with Crippen LogP contribution in [0.2, 0.25) is 5.02 Å². The molecule has 0 aromatic heterocycles. The average molecular weight is 475 g/mol. The lowest BCUT2D eigenvalue weighted by Gasteiger charge is -2.51. The van der Waals surface area contributed by atoms with E-state index < -0.39 is 0 Å². The van der Waals surface area contributed by atoms with Gasteiger partial charge in [-0.25, -0.2) is 5.01 Å². The monoisotopic (exact) mass is 473 g/mol. The Hall–Kier alpha value is -1.56. The molecule has 3 aliphatic heterocycles. The first kappa shape index (κ1) is 19.4. The summed E-state index contributed by atoms with van der Waals surface area (Å²) < 4.78 is 7.79. The molecule has 3 heterocycles. The van der Waals surface area contributed by atoms with Crippen molar-refractivity contribution in [2.75, 3.05) is 19.6 Å². The van der Waals surface area contributed by atoms with E-state index in [1.807, 2.05) is 12.1 Å². The number of rotatable bonds is 3. The number of nitrogens with zero attached hydrogens (tertiary/aromatic N) is 3. The SMILES string of the molecule is CCCN1CCC2(CC1)Oc1ccc(Br)cc1[C@H]1CC(c3ccc(Cl)cc3)=NN12. The first-order valence-corrected chi connectivity index (χ1v) is 11.6. The van der Waals surface area contributed by atoms with Gasteiger partial charge in [0.1, 0.15) is 5.75 Å². The summed E-state index contributed by atoms with van der Waals surface area (Å²) in [5.74, 6) is 1.01. The van der Waals surface area contributed by atoms with Crippen LogP contribution in [0.1, 0.15) is 49.8 Å². The Morgan fingerprint density at radius 1 is 1.17 bits per heavy atom. The third kappa shape index (κ3) is 3.47. The van der Waals surface area contributed by atoms with Gasteiger partial charge in [0.15, 0.2) is 0 Å². The standard InChI is InChI=1S/C23H25BrClN3O/c1-2-11-27-12-9-23(10-13-27)28-21(19-14-17(24)5-8-22(19)29-23)15-20(26-28)16-3-6-18(25)7-4-16/h3-8,14,21H,2,9-13,15H2,1H3/t21-/m1/s1. The van der Waals surface area contributed by atoms with Gasteiger partial charge < -0.3 is 9.64 Å². The van der Waals surface area contributed by atoms with Crippen molar-refractivity contribution in [1.29, 1.82) is 0 Å². The molecule has 1 atom stereocenters. The summed E-state index contributed by atoms with van der Waals surface area (Å²) in [6, 6.07) is 14.6. The molecule has 0 radical (unpaired) electrons. The summed E-state index contributed by atoms with van der Waals surface area (Å²) in [5.41, 5.74) is 3.11. The van der Waals surface area contributed by atoms with E-state index in [1.54, 1.807) is 0 Å². The fourth-order valence-corrected chi connectivity index (χ4v) is 5.35. The number of fused-ring (bicyclic) bond motifs is 4. The van der Waals surface area contributed by atoms with E-state index in [-0.39, 0.29) is 11.8 Å². The first-order chi connectivity index (χ1) is 14.1. The van der Waals surface area contributed by atoms with E-state index in [0.29, 0.717) is 0 Å². The zero-order valence-electron chi connectivity index (χ0n) is 16.6. The predicted molar refractivity (Wildman–Crippen MR) is 121 cm³/mol. The molecule has 0 aliphatic carbocycles. The second kappa shape index (κ2) is 7.60. The van der Waals surface area contributed by atoms with Gasteiger partial charge in [-0.2, -0.15) is 5.10 Å². The van der Waals surface area contributed by atoms with Crippen LogP contribution in [-0.2, 0) is 0 Å². The summed E-state index contributed by atoms with van der Waals surface area (Å²) in [7, 11) is 0. The van der Waals surface area contributed by atoms with Crippen LogP contribution in [0, 0.1) is 0 Å². The summed E-state index contributed by atoms with van der Waals surface area (Å²) in [6.45, 7) is 5.50. The molecule has 3 aliphatic rings. The molecule has 5 rings (SSSR count). The second-order valence-electron chi connectivity index (χ2n) is 8.19. The van der Waals surface area contributed by atoms with Crippen molar-refractivity contribution in [3.8, 4) is 5.75 Å². The highest BCUT2D eigenvalue weighted by atomic mass is 79.9. The van der Waals surface area contributed by atoms with Gasteiger partial charge in [0.25, 0.3) is 0 Å². The lowest BCUT2D eigenvalue weighted by molar-refractivity contribution is -0.149. The van der Waals surface area contributed by atoms with E-state index in [9.17, 15) is 0 Å². The zero-order chi connectivity index (χ0) is 20.0. The lowest BCUT2D eigenvalue weighted by atomic mass is 9.90. The maximum absolute atomic E-state index is 6.71. The third-order valence-corrected chi connectivity index (χ3v) is 7.06. The molecule has 4 nitrogen and oxygen atoms in total. The number of hydrogen-bond donors (Lipinski definition) is 0. The van der Waals surface area contributed by atoms with Gasteiger partial charge in [0.2, 0.25) is 5.72 Å². The molecule has 0 unspecified atom stereocenters. The highest BCUT2D eigenvalue weighted by Crippen LogP contribution is 2.50. The van der Waals surface area contributed by atoms with Crippen molar-refractivity contribution in [3.63, 3.8) is 0 Å². The summed E-state index contributed by atoms with van der Waals surface area (Å²) in [4.78, 5) is 2.54. The Bertz CT molecular complexity index is 938. The molecule has 1 saturated heterocycles. The fourth-order valence-electron chi connectivity index (χ4n) is 4.84. The lowest BCUT2D eigenvalue weighted by Crippen LogP contribution is -2.59. The van der Waals surface area contributed by atoms with Crippen molar-refractivity contribution >= 4 is 33.2 Å². The van der Waals surface area contributed by atoms with Gasteiger partial charge in [0.05, 0.1) is 11.8 Å². The third-order valence-electron chi connectivity index (χ3n) is 6.31. The number of ether oxygens (including phenoxy) is 1. The second-order valence-corrected chi connectivity index (χ2v) is 9.54. The Balaban J connectivity index is 1.52. The number of likely N-dealkylation sites (tertiary alicyclic amines) is 1. The predicted octanol–water partition coefficient (Wildman–Crippen LogP) is 5.85. The molecule has 0 bridgehead atoms. The molecule has 1 fully saturated rings. The Morgan fingerprint density at radius 3 is 2.66 bits per heavy atom. The van der Waals surface area contributed by atoms with E-state index >= 15 is 0 Å². The van der Waals surface area contributed by atoms with Crippen LogP contribution >= 0.6 is 27.5 Å². The van der Waals surface area contributed by atoms with E-state index in [4.69, 9.17) is 21.4 Å². The number of halogens is 2. The van der Waals surface area contributed by atoms with Crippen LogP contribution in [0.3, 0.4) is 0 Å². The summed E-state index contributed by atoms with van der Waals surface area (Å²) >= 11 is 9.74. The molecule has 2 aromatic rings. The normalized spacial score (nSPS) is 22.8. The minimum Gasteiger partial charge on any atom is -0.466 e. The average Bonchev–Trinajstić information content (AvgIpc) is 3.18. The largest absolute Gasteiger partial charge is 0.466 e. The highest BCUT2D eigenvalue weighted by Gasteiger charge is 2.51.